The van der Waals surface area contributed by atoms with Gasteiger partial charge in [-0.3, -0.25) is 4.79 Å². The predicted octanol–water partition coefficient (Wildman–Crippen LogP) is 1.76. The van der Waals surface area contributed by atoms with Crippen molar-refractivity contribution >= 4 is 21.8 Å². The lowest BCUT2D eigenvalue weighted by Crippen LogP contribution is -2.47. The Labute approximate surface area is 138 Å². The van der Waals surface area contributed by atoms with Gasteiger partial charge in [0.1, 0.15) is 0 Å². The first-order valence-corrected chi connectivity index (χ1v) is 9.17. The van der Waals surface area contributed by atoms with Crippen LogP contribution in [0.25, 0.3) is 0 Å². The van der Waals surface area contributed by atoms with E-state index in [1.165, 1.54) is 22.7 Å². The highest BCUT2D eigenvalue weighted by atomic mass is 32.2. The van der Waals surface area contributed by atoms with Gasteiger partial charge in [-0.2, -0.15) is 17.0 Å². The minimum Gasteiger partial charge on any atom is -0.326 e. The molecule has 1 aliphatic heterocycles. The molecular weight excluding hydrogens is 314 g/mol. The number of nitrogens with one attached hydrogen (secondary N) is 1. The number of carbonyl (C=O) groups excluding carboxylic acids is 1. The number of rotatable bonds is 4. The molecular formula is C16H25N3O3S. The van der Waals surface area contributed by atoms with Crippen LogP contribution < -0.4 is 5.32 Å². The van der Waals surface area contributed by atoms with Crippen LogP contribution in [-0.2, 0) is 15.0 Å². The highest BCUT2D eigenvalue weighted by molar-refractivity contribution is 7.86. The molecule has 0 bridgehead atoms. The predicted molar refractivity (Wildman–Crippen MR) is 91.4 cm³/mol. The summed E-state index contributed by atoms with van der Waals surface area (Å²) < 4.78 is 27.0. The van der Waals surface area contributed by atoms with Crippen molar-refractivity contribution in [2.45, 2.75) is 26.7 Å². The molecule has 0 saturated carbocycles. The number of nitrogens with zero attached hydrogens (tertiary/aromatic N) is 2. The summed E-state index contributed by atoms with van der Waals surface area (Å²) in [4.78, 5) is 12.5. The minimum atomic E-state index is -3.47. The number of aryl methyl sites for hydroxylation is 2. The Hall–Kier alpha value is -1.44. The monoisotopic (exact) mass is 339 g/mol. The van der Waals surface area contributed by atoms with Gasteiger partial charge in [0.05, 0.1) is 5.92 Å². The first-order valence-electron chi connectivity index (χ1n) is 7.77. The van der Waals surface area contributed by atoms with Gasteiger partial charge in [0.25, 0.3) is 10.2 Å². The van der Waals surface area contributed by atoms with E-state index in [0.717, 1.165) is 16.8 Å². The molecule has 7 heteroatoms. The zero-order chi connectivity index (χ0) is 17.2. The summed E-state index contributed by atoms with van der Waals surface area (Å²) in [7, 11) is -0.449. The van der Waals surface area contributed by atoms with E-state index in [1.54, 1.807) is 0 Å². The maximum Gasteiger partial charge on any atom is 0.281 e. The zero-order valence-corrected chi connectivity index (χ0v) is 15.0. The lowest BCUT2D eigenvalue weighted by Gasteiger charge is -2.32. The molecule has 0 radical (unpaired) electrons. The molecule has 0 aliphatic carbocycles. The Bertz CT molecular complexity index is 686. The fourth-order valence-corrected chi connectivity index (χ4v) is 3.89. The van der Waals surface area contributed by atoms with E-state index in [2.05, 4.69) is 5.32 Å². The molecule has 23 heavy (non-hydrogen) atoms. The Morgan fingerprint density at radius 2 is 2.00 bits per heavy atom. The average molecular weight is 339 g/mol. The number of hydrogen-bond donors (Lipinski definition) is 1. The number of anilines is 1. The summed E-state index contributed by atoms with van der Waals surface area (Å²) in [5, 5.41) is 2.95. The van der Waals surface area contributed by atoms with Gasteiger partial charge in [-0.05, 0) is 43.9 Å². The molecule has 1 saturated heterocycles. The molecule has 6 nitrogen and oxygen atoms in total. The maximum atomic E-state index is 12.5. The van der Waals surface area contributed by atoms with Gasteiger partial charge in [0.2, 0.25) is 5.91 Å². The second kappa shape index (κ2) is 6.98. The van der Waals surface area contributed by atoms with E-state index in [4.69, 9.17) is 0 Å². The number of carbonyl (C=O) groups is 1. The van der Waals surface area contributed by atoms with Gasteiger partial charge in [-0.25, -0.2) is 0 Å². The Balaban J connectivity index is 2.09. The first kappa shape index (κ1) is 17.9. The van der Waals surface area contributed by atoms with Crippen LogP contribution in [0.5, 0.6) is 0 Å². The molecule has 1 heterocycles. The summed E-state index contributed by atoms with van der Waals surface area (Å²) in [6.07, 6.45) is 1.40. The van der Waals surface area contributed by atoms with E-state index < -0.39 is 10.2 Å². The van der Waals surface area contributed by atoms with E-state index in [-0.39, 0.29) is 18.4 Å². The van der Waals surface area contributed by atoms with Gasteiger partial charge >= 0.3 is 0 Å². The van der Waals surface area contributed by atoms with Crippen molar-refractivity contribution in [3.63, 3.8) is 0 Å². The number of benzene rings is 1. The van der Waals surface area contributed by atoms with Crippen LogP contribution in [0, 0.1) is 19.8 Å². The average Bonchev–Trinajstić information content (AvgIpc) is 2.50. The Kier molecular flexibility index (Phi) is 5.44. The van der Waals surface area contributed by atoms with E-state index in [0.29, 0.717) is 19.4 Å². The van der Waals surface area contributed by atoms with Crippen LogP contribution in [0.3, 0.4) is 0 Å². The van der Waals surface area contributed by atoms with Crippen LogP contribution in [0.2, 0.25) is 0 Å². The van der Waals surface area contributed by atoms with Gasteiger partial charge in [0, 0.05) is 32.9 Å². The molecule has 0 spiro atoms. The van der Waals surface area contributed by atoms with Crippen LogP contribution in [-0.4, -0.2) is 50.1 Å². The van der Waals surface area contributed by atoms with Crippen LogP contribution in [0.15, 0.2) is 18.2 Å². The third kappa shape index (κ3) is 4.10. The van der Waals surface area contributed by atoms with Crippen molar-refractivity contribution in [2.24, 2.45) is 5.92 Å². The summed E-state index contributed by atoms with van der Waals surface area (Å²) in [6, 6.07) is 5.90. The molecule has 1 N–H and O–H groups in total. The van der Waals surface area contributed by atoms with Crippen LogP contribution in [0.4, 0.5) is 5.69 Å². The van der Waals surface area contributed by atoms with Crippen molar-refractivity contribution in [1.29, 1.82) is 0 Å². The van der Waals surface area contributed by atoms with E-state index >= 15 is 0 Å². The van der Waals surface area contributed by atoms with Gasteiger partial charge in [0.15, 0.2) is 0 Å². The molecule has 1 unspecified atom stereocenters. The molecule has 128 valence electrons. The summed E-state index contributed by atoms with van der Waals surface area (Å²) in [6.45, 7) is 4.62. The normalized spacial score (nSPS) is 19.8. The van der Waals surface area contributed by atoms with Crippen molar-refractivity contribution in [3.05, 3.63) is 29.3 Å². The zero-order valence-electron chi connectivity index (χ0n) is 14.2. The Morgan fingerprint density at radius 3 is 2.65 bits per heavy atom. The number of hydrogen-bond acceptors (Lipinski definition) is 3. The first-order chi connectivity index (χ1) is 10.7. The molecule has 2 rings (SSSR count). The standard InChI is InChI=1S/C16H25N3O3S/c1-12-7-8-13(2)15(10-12)17-16(20)14-6-5-9-19(11-14)23(21,22)18(3)4/h7-8,10,14H,5-6,9,11H2,1-4H3,(H,17,20). The molecule has 1 aromatic rings. The summed E-state index contributed by atoms with van der Waals surface area (Å²) in [5.41, 5.74) is 2.87. The second-order valence-corrected chi connectivity index (χ2v) is 8.44. The molecule has 0 aromatic heterocycles. The third-order valence-electron chi connectivity index (χ3n) is 4.19. The fraction of sp³-hybridized carbons (Fsp3) is 0.562. The molecule has 1 aromatic carbocycles. The Morgan fingerprint density at radius 1 is 1.30 bits per heavy atom. The minimum absolute atomic E-state index is 0.114. The topological polar surface area (TPSA) is 69.7 Å². The highest BCUT2D eigenvalue weighted by Gasteiger charge is 2.33. The van der Waals surface area contributed by atoms with Gasteiger partial charge in [-0.15, -0.1) is 0 Å². The largest absolute Gasteiger partial charge is 0.326 e. The van der Waals surface area contributed by atoms with Gasteiger partial charge < -0.3 is 5.32 Å². The lowest BCUT2D eigenvalue weighted by atomic mass is 9.98. The van der Waals surface area contributed by atoms with Crippen molar-refractivity contribution in [1.82, 2.24) is 8.61 Å². The van der Waals surface area contributed by atoms with E-state index in [1.807, 2.05) is 32.0 Å². The van der Waals surface area contributed by atoms with Crippen LogP contribution >= 0.6 is 0 Å². The fourth-order valence-electron chi connectivity index (χ4n) is 2.70. The van der Waals surface area contributed by atoms with Crippen LogP contribution in [0.1, 0.15) is 24.0 Å². The quantitative estimate of drug-likeness (QED) is 0.909. The van der Waals surface area contributed by atoms with E-state index in [9.17, 15) is 13.2 Å². The lowest BCUT2D eigenvalue weighted by molar-refractivity contribution is -0.120. The second-order valence-electron chi connectivity index (χ2n) is 6.29. The molecule has 1 aliphatic rings. The summed E-state index contributed by atoms with van der Waals surface area (Å²) in [5.74, 6) is -0.434. The SMILES string of the molecule is Cc1ccc(C)c(NC(=O)C2CCCN(S(=O)(=O)N(C)C)C2)c1. The molecule has 1 amide bonds. The highest BCUT2D eigenvalue weighted by Crippen LogP contribution is 2.23. The number of amides is 1. The van der Waals surface area contributed by atoms with Crippen molar-refractivity contribution < 1.29 is 13.2 Å². The van der Waals surface area contributed by atoms with Gasteiger partial charge in [-0.1, -0.05) is 12.1 Å². The molecule has 1 fully saturated rings. The van der Waals surface area contributed by atoms with Crippen molar-refractivity contribution in [2.75, 3.05) is 32.5 Å². The maximum absolute atomic E-state index is 12.5. The number of piperidine rings is 1. The summed E-state index contributed by atoms with van der Waals surface area (Å²) >= 11 is 0. The third-order valence-corrected chi connectivity index (χ3v) is 6.10. The smallest absolute Gasteiger partial charge is 0.281 e. The van der Waals surface area contributed by atoms with Crippen molar-refractivity contribution in [3.8, 4) is 0 Å². The molecule has 1 atom stereocenters.